The molecule has 0 saturated heterocycles. The second kappa shape index (κ2) is 6.85. The Balaban J connectivity index is 2.42. The first-order valence-electron chi connectivity index (χ1n) is 7.12. The summed E-state index contributed by atoms with van der Waals surface area (Å²) in [6, 6.07) is 0. The van der Waals surface area contributed by atoms with Gasteiger partial charge in [-0.05, 0) is 19.1 Å². The fourth-order valence-electron chi connectivity index (χ4n) is 2.46. The number of alkyl halides is 1. The van der Waals surface area contributed by atoms with E-state index in [0.29, 0.717) is 11.1 Å². The third-order valence-corrected chi connectivity index (χ3v) is 4.91. The number of imidazole rings is 1. The fourth-order valence-corrected chi connectivity index (χ4v) is 2.97. The molecule has 0 N–H and O–H groups in total. The first-order chi connectivity index (χ1) is 9.62. The summed E-state index contributed by atoms with van der Waals surface area (Å²) in [5.74, 6) is 1.70. The van der Waals surface area contributed by atoms with Crippen LogP contribution in [0.1, 0.15) is 31.8 Å². The number of halogens is 1. The Kier molecular flexibility index (Phi) is 5.38. The lowest BCUT2D eigenvalue weighted by Gasteiger charge is -2.12. The topological polar surface area (TPSA) is 35.6 Å². The summed E-state index contributed by atoms with van der Waals surface area (Å²) in [5.41, 5.74) is 3.26. The highest BCUT2D eigenvalue weighted by Gasteiger charge is 2.18. The van der Waals surface area contributed by atoms with Crippen molar-refractivity contribution in [3.05, 3.63) is 11.5 Å². The van der Waals surface area contributed by atoms with Crippen LogP contribution < -0.4 is 0 Å². The lowest BCUT2D eigenvalue weighted by atomic mass is 10.3. The van der Waals surface area contributed by atoms with E-state index in [0.717, 1.165) is 48.5 Å². The van der Waals surface area contributed by atoms with Gasteiger partial charge in [-0.1, -0.05) is 13.8 Å². The molecule has 1 atom stereocenters. The molecule has 2 aromatic rings. The first kappa shape index (κ1) is 15.7. The highest BCUT2D eigenvalue weighted by atomic mass is 35.5. The quantitative estimate of drug-likeness (QED) is 0.736. The fraction of sp³-hybridized carbons (Fsp3) is 0.714. The smallest absolute Gasteiger partial charge is 0.158 e. The van der Waals surface area contributed by atoms with Crippen molar-refractivity contribution in [3.63, 3.8) is 0 Å². The van der Waals surface area contributed by atoms with Crippen molar-refractivity contribution in [1.29, 1.82) is 0 Å². The minimum atomic E-state index is 0.607. The van der Waals surface area contributed by atoms with Gasteiger partial charge in [0.2, 0.25) is 0 Å². The molecule has 0 fully saturated rings. The van der Waals surface area contributed by atoms with Crippen LogP contribution in [0.25, 0.3) is 11.2 Å². The van der Waals surface area contributed by atoms with E-state index in [1.54, 1.807) is 0 Å². The molecule has 4 nitrogen and oxygen atoms in total. The molecule has 20 heavy (non-hydrogen) atoms. The van der Waals surface area contributed by atoms with Crippen LogP contribution in [-0.2, 0) is 26.4 Å². The van der Waals surface area contributed by atoms with Gasteiger partial charge in [0, 0.05) is 31.1 Å². The predicted molar refractivity (Wildman–Crippen MR) is 87.9 cm³/mol. The van der Waals surface area contributed by atoms with Crippen LogP contribution in [0, 0.1) is 0 Å². The van der Waals surface area contributed by atoms with Gasteiger partial charge in [-0.15, -0.1) is 11.6 Å². The molecule has 0 aromatic carbocycles. The molecule has 6 heteroatoms. The van der Waals surface area contributed by atoms with Crippen molar-refractivity contribution in [2.24, 2.45) is 7.05 Å². The Bertz CT molecular complexity index is 575. The van der Waals surface area contributed by atoms with Crippen molar-refractivity contribution < 1.29 is 0 Å². The third-order valence-electron chi connectivity index (χ3n) is 3.69. The van der Waals surface area contributed by atoms with Crippen molar-refractivity contribution >= 4 is 34.5 Å². The molecule has 0 aliphatic rings. The molecular weight excluding hydrogens is 292 g/mol. The van der Waals surface area contributed by atoms with E-state index < -0.39 is 0 Å². The van der Waals surface area contributed by atoms with E-state index in [1.807, 2.05) is 23.5 Å². The molecule has 0 amide bonds. The molecule has 2 aromatic heterocycles. The summed E-state index contributed by atoms with van der Waals surface area (Å²) < 4.78 is 4.26. The molecule has 0 aliphatic heterocycles. The van der Waals surface area contributed by atoms with E-state index in [2.05, 4.69) is 29.8 Å². The number of hydrogen-bond donors (Lipinski definition) is 0. The Labute approximate surface area is 129 Å². The minimum absolute atomic E-state index is 0.607. The normalized spacial score (nSPS) is 13.2. The van der Waals surface area contributed by atoms with Gasteiger partial charge in [0.15, 0.2) is 5.65 Å². The van der Waals surface area contributed by atoms with Gasteiger partial charge in [0.05, 0.1) is 5.69 Å². The maximum Gasteiger partial charge on any atom is 0.158 e. The summed E-state index contributed by atoms with van der Waals surface area (Å²) >= 11 is 7.83. The number of hydrogen-bond acceptors (Lipinski definition) is 3. The van der Waals surface area contributed by atoms with Crippen molar-refractivity contribution in [1.82, 2.24) is 19.3 Å². The molecule has 0 radical (unpaired) electrons. The molecule has 2 heterocycles. The van der Waals surface area contributed by atoms with E-state index in [4.69, 9.17) is 16.6 Å². The first-order valence-corrected chi connectivity index (χ1v) is 8.94. The average Bonchev–Trinajstić information content (AvgIpc) is 2.94. The van der Waals surface area contributed by atoms with E-state index in [9.17, 15) is 0 Å². The molecule has 0 aliphatic carbocycles. The van der Waals surface area contributed by atoms with Crippen molar-refractivity contribution in [3.8, 4) is 0 Å². The zero-order valence-corrected chi connectivity index (χ0v) is 14.3. The van der Waals surface area contributed by atoms with E-state index >= 15 is 0 Å². The van der Waals surface area contributed by atoms with E-state index in [1.165, 1.54) is 0 Å². The second-order valence-corrected chi connectivity index (χ2v) is 6.70. The highest BCUT2D eigenvalue weighted by molar-refractivity contribution is 7.99. The summed E-state index contributed by atoms with van der Waals surface area (Å²) in [6.07, 6.45) is 5.02. The summed E-state index contributed by atoms with van der Waals surface area (Å²) in [7, 11) is 2.00. The van der Waals surface area contributed by atoms with Gasteiger partial charge < -0.3 is 4.57 Å². The number of thioether (sulfide) groups is 1. The molecule has 1 unspecified atom stereocenters. The van der Waals surface area contributed by atoms with Crippen molar-refractivity contribution in [2.45, 2.75) is 44.9 Å². The average molecular weight is 315 g/mol. The number of nitrogens with zero attached hydrogens (tertiary/aromatic N) is 4. The van der Waals surface area contributed by atoms with Crippen LogP contribution in [0.4, 0.5) is 0 Å². The third kappa shape index (κ3) is 2.98. The van der Waals surface area contributed by atoms with Crippen LogP contribution in [0.5, 0.6) is 0 Å². The minimum Gasteiger partial charge on any atom is -0.313 e. The highest BCUT2D eigenvalue weighted by Crippen LogP contribution is 2.22. The molecule has 2 rings (SSSR count). The predicted octanol–water partition coefficient (Wildman–Crippen LogP) is 3.26. The lowest BCUT2D eigenvalue weighted by molar-refractivity contribution is 0.606. The zero-order chi connectivity index (χ0) is 14.7. The number of aromatic nitrogens is 4. The van der Waals surface area contributed by atoms with Crippen LogP contribution in [0.2, 0.25) is 0 Å². The largest absolute Gasteiger partial charge is 0.313 e. The number of aryl methyl sites for hydroxylation is 4. The molecule has 0 spiro atoms. The van der Waals surface area contributed by atoms with Crippen LogP contribution >= 0.6 is 23.4 Å². The monoisotopic (exact) mass is 314 g/mol. The Morgan fingerprint density at radius 3 is 2.75 bits per heavy atom. The van der Waals surface area contributed by atoms with Gasteiger partial charge in [-0.2, -0.15) is 16.9 Å². The molecule has 0 bridgehead atoms. The SMILES string of the molecule is CCc1nn(C)c2c1nc(CCCl)n2CCC(C)SC. The zero-order valence-electron chi connectivity index (χ0n) is 12.7. The van der Waals surface area contributed by atoms with Gasteiger partial charge in [-0.25, -0.2) is 4.98 Å². The van der Waals surface area contributed by atoms with Crippen LogP contribution in [-0.4, -0.2) is 36.7 Å². The van der Waals surface area contributed by atoms with Gasteiger partial charge in [0.1, 0.15) is 11.3 Å². The Morgan fingerprint density at radius 1 is 1.40 bits per heavy atom. The summed E-state index contributed by atoms with van der Waals surface area (Å²) in [4.78, 5) is 4.79. The van der Waals surface area contributed by atoms with Crippen LogP contribution in [0.15, 0.2) is 0 Å². The Hall–Kier alpha value is -0.680. The lowest BCUT2D eigenvalue weighted by Crippen LogP contribution is -2.11. The van der Waals surface area contributed by atoms with Crippen molar-refractivity contribution in [2.75, 3.05) is 12.1 Å². The summed E-state index contributed by atoms with van der Waals surface area (Å²) in [5, 5.41) is 5.22. The number of fused-ring (bicyclic) bond motifs is 1. The summed E-state index contributed by atoms with van der Waals surface area (Å²) in [6.45, 7) is 5.37. The maximum atomic E-state index is 5.93. The maximum absolute atomic E-state index is 5.93. The Morgan fingerprint density at radius 2 is 2.15 bits per heavy atom. The number of rotatable bonds is 7. The van der Waals surface area contributed by atoms with Crippen LogP contribution in [0.3, 0.4) is 0 Å². The van der Waals surface area contributed by atoms with Gasteiger partial charge >= 0.3 is 0 Å². The van der Waals surface area contributed by atoms with Gasteiger partial charge in [-0.3, -0.25) is 4.68 Å². The standard InChI is InChI=1S/C14H23ClN4S/c1-5-11-13-14(18(3)17-11)19(9-7-10(2)20-4)12(16-13)6-8-15/h10H,5-9H2,1-4H3. The molecule has 0 saturated carbocycles. The van der Waals surface area contributed by atoms with Gasteiger partial charge in [0.25, 0.3) is 0 Å². The second-order valence-electron chi connectivity index (χ2n) is 5.05. The van der Waals surface area contributed by atoms with E-state index in [-0.39, 0.29) is 0 Å². The molecular formula is C14H23ClN4S. The molecule has 112 valence electrons.